The first-order valence-corrected chi connectivity index (χ1v) is 13.6. The lowest BCUT2D eigenvalue weighted by molar-refractivity contribution is -0.140. The molecule has 2 aromatic heterocycles. The predicted molar refractivity (Wildman–Crippen MR) is 145 cm³/mol. The second kappa shape index (κ2) is 10.5. The van der Waals surface area contributed by atoms with Crippen molar-refractivity contribution in [2.75, 3.05) is 24.5 Å². The summed E-state index contributed by atoms with van der Waals surface area (Å²) >= 11 is 0. The van der Waals surface area contributed by atoms with Crippen LogP contribution in [0.15, 0.2) is 29.1 Å². The molecule has 214 valence electrons. The molecule has 2 atom stereocenters. The van der Waals surface area contributed by atoms with Crippen LogP contribution in [-0.2, 0) is 13.2 Å². The van der Waals surface area contributed by atoms with Crippen LogP contribution in [0.25, 0.3) is 10.9 Å². The first-order valence-electron chi connectivity index (χ1n) is 13.6. The fraction of sp³-hybridized carbons (Fsp3) is 0.483. The van der Waals surface area contributed by atoms with Crippen molar-refractivity contribution in [1.29, 1.82) is 0 Å². The number of pyridine rings is 2. The Labute approximate surface area is 229 Å². The fourth-order valence-corrected chi connectivity index (χ4v) is 5.52. The maximum atomic E-state index is 13.9. The van der Waals surface area contributed by atoms with Crippen molar-refractivity contribution in [3.05, 3.63) is 68.5 Å². The van der Waals surface area contributed by atoms with Gasteiger partial charge in [0.15, 0.2) is 0 Å². The third-order valence-corrected chi connectivity index (χ3v) is 7.85. The monoisotopic (exact) mass is 559 g/mol. The standard InChI is InChI=1S/C29H33F4N5O2/c1-15-9-11-38(12-10-34-15)25-20-13-16(2)35-24(18-5-6-18)26(20)37(4)28(40)23(25)27(39)36-17(3)19-7-8-22(30)21(14-19)29(31,32)33/h7-8,13-15,17-18,34H,5-6,9-12H2,1-4H3,(H,36,39)/t15-,17-/m0/s1. The van der Waals surface area contributed by atoms with Gasteiger partial charge in [-0.05, 0) is 63.8 Å². The summed E-state index contributed by atoms with van der Waals surface area (Å²) in [6.07, 6.45) is -2.12. The molecule has 3 aromatic rings. The summed E-state index contributed by atoms with van der Waals surface area (Å²) < 4.78 is 55.3. The van der Waals surface area contributed by atoms with Gasteiger partial charge in [-0.3, -0.25) is 14.6 Å². The summed E-state index contributed by atoms with van der Waals surface area (Å²) in [5, 5.41) is 6.90. The maximum Gasteiger partial charge on any atom is 0.419 e. The van der Waals surface area contributed by atoms with E-state index in [0.717, 1.165) is 42.1 Å². The number of carbonyl (C=O) groups is 1. The van der Waals surface area contributed by atoms with Crippen LogP contribution < -0.4 is 21.1 Å². The van der Waals surface area contributed by atoms with Crippen LogP contribution in [0.5, 0.6) is 0 Å². The van der Waals surface area contributed by atoms with Gasteiger partial charge in [-0.15, -0.1) is 0 Å². The lowest BCUT2D eigenvalue weighted by Crippen LogP contribution is -2.39. The lowest BCUT2D eigenvalue weighted by Gasteiger charge is -2.28. The number of amides is 1. The minimum Gasteiger partial charge on any atom is -0.369 e. The maximum absolute atomic E-state index is 13.9. The van der Waals surface area contributed by atoms with Gasteiger partial charge < -0.3 is 20.1 Å². The third-order valence-electron chi connectivity index (χ3n) is 7.85. The molecule has 3 heterocycles. The minimum atomic E-state index is -4.88. The number of aryl methyl sites for hydroxylation is 2. The number of benzene rings is 1. The first-order chi connectivity index (χ1) is 18.9. The molecule has 11 heteroatoms. The Balaban J connectivity index is 1.64. The van der Waals surface area contributed by atoms with E-state index < -0.39 is 35.1 Å². The molecule has 1 saturated heterocycles. The van der Waals surface area contributed by atoms with Crippen LogP contribution in [-0.4, -0.2) is 41.1 Å². The van der Waals surface area contributed by atoms with Crippen molar-refractivity contribution in [1.82, 2.24) is 20.2 Å². The van der Waals surface area contributed by atoms with E-state index in [9.17, 15) is 27.2 Å². The smallest absolute Gasteiger partial charge is 0.369 e. The molecule has 0 radical (unpaired) electrons. The number of hydrogen-bond donors (Lipinski definition) is 2. The number of aromatic nitrogens is 2. The number of alkyl halides is 3. The Bertz CT molecular complexity index is 1530. The number of nitrogens with zero attached hydrogens (tertiary/aromatic N) is 3. The Morgan fingerprint density at radius 1 is 1.18 bits per heavy atom. The highest BCUT2D eigenvalue weighted by atomic mass is 19.4. The Kier molecular flexibility index (Phi) is 7.37. The van der Waals surface area contributed by atoms with E-state index in [1.807, 2.05) is 13.0 Å². The molecule has 1 amide bonds. The molecule has 7 nitrogen and oxygen atoms in total. The number of halogens is 4. The van der Waals surface area contributed by atoms with Crippen LogP contribution in [0.4, 0.5) is 23.2 Å². The van der Waals surface area contributed by atoms with E-state index in [1.165, 1.54) is 17.6 Å². The van der Waals surface area contributed by atoms with Gasteiger partial charge in [0.25, 0.3) is 11.5 Å². The average molecular weight is 560 g/mol. The van der Waals surface area contributed by atoms with Crippen LogP contribution >= 0.6 is 0 Å². The molecule has 1 aliphatic carbocycles. The van der Waals surface area contributed by atoms with Gasteiger partial charge in [0, 0.05) is 49.7 Å². The molecular formula is C29H33F4N5O2. The lowest BCUT2D eigenvalue weighted by atomic mass is 10.0. The normalized spacial score (nSPS) is 19.0. The molecule has 2 aliphatic rings. The average Bonchev–Trinajstić information content (AvgIpc) is 3.73. The summed E-state index contributed by atoms with van der Waals surface area (Å²) in [5.41, 5.74) is 0.949. The quantitative estimate of drug-likeness (QED) is 0.433. The van der Waals surface area contributed by atoms with Crippen molar-refractivity contribution >= 4 is 22.5 Å². The van der Waals surface area contributed by atoms with E-state index in [4.69, 9.17) is 4.98 Å². The van der Waals surface area contributed by atoms with Crippen molar-refractivity contribution in [3.8, 4) is 0 Å². The van der Waals surface area contributed by atoms with Gasteiger partial charge in [-0.25, -0.2) is 4.39 Å². The zero-order chi connectivity index (χ0) is 28.9. The zero-order valence-electron chi connectivity index (χ0n) is 23.0. The van der Waals surface area contributed by atoms with Crippen molar-refractivity contribution in [3.63, 3.8) is 0 Å². The van der Waals surface area contributed by atoms with E-state index in [0.29, 0.717) is 36.9 Å². The summed E-state index contributed by atoms with van der Waals surface area (Å²) in [4.78, 5) is 34.6. The second-order valence-electron chi connectivity index (χ2n) is 11.0. The second-order valence-corrected chi connectivity index (χ2v) is 11.0. The van der Waals surface area contributed by atoms with E-state index in [1.54, 1.807) is 7.05 Å². The SMILES string of the molecule is Cc1cc2c(N3CCN[C@@H](C)CC3)c(C(=O)N[C@@H](C)c3ccc(F)c(C(F)(F)F)c3)c(=O)n(C)c2c(C2CC2)n1. The summed E-state index contributed by atoms with van der Waals surface area (Å²) in [6.45, 7) is 7.31. The number of hydrogen-bond acceptors (Lipinski definition) is 5. The molecule has 2 N–H and O–H groups in total. The van der Waals surface area contributed by atoms with Crippen molar-refractivity contribution in [2.24, 2.45) is 7.05 Å². The van der Waals surface area contributed by atoms with Crippen molar-refractivity contribution in [2.45, 2.75) is 64.2 Å². The zero-order valence-corrected chi connectivity index (χ0v) is 23.0. The molecule has 1 aliphatic heterocycles. The minimum absolute atomic E-state index is 0.0677. The number of rotatable bonds is 5. The van der Waals surface area contributed by atoms with E-state index in [-0.39, 0.29) is 23.1 Å². The number of nitrogens with one attached hydrogen (secondary N) is 2. The Morgan fingerprint density at radius 2 is 1.90 bits per heavy atom. The molecule has 0 unspecified atom stereocenters. The fourth-order valence-electron chi connectivity index (χ4n) is 5.52. The summed E-state index contributed by atoms with van der Waals surface area (Å²) in [6, 6.07) is 3.86. The molecule has 0 bridgehead atoms. The Morgan fingerprint density at radius 3 is 2.58 bits per heavy atom. The molecule has 5 rings (SSSR count). The van der Waals surface area contributed by atoms with Crippen LogP contribution in [0.3, 0.4) is 0 Å². The number of fused-ring (bicyclic) bond motifs is 1. The predicted octanol–water partition coefficient (Wildman–Crippen LogP) is 4.96. The third kappa shape index (κ3) is 5.31. The topological polar surface area (TPSA) is 79.3 Å². The number of anilines is 1. The largest absolute Gasteiger partial charge is 0.419 e. The highest BCUT2D eigenvalue weighted by Gasteiger charge is 2.36. The Hall–Kier alpha value is -3.47. The molecular weight excluding hydrogens is 526 g/mol. The van der Waals surface area contributed by atoms with Crippen molar-refractivity contribution < 1.29 is 22.4 Å². The number of carbonyl (C=O) groups excluding carboxylic acids is 1. The van der Waals surface area contributed by atoms with Crippen LogP contribution in [0.2, 0.25) is 0 Å². The molecule has 1 aromatic carbocycles. The van der Waals surface area contributed by atoms with Crippen LogP contribution in [0, 0.1) is 12.7 Å². The van der Waals surface area contributed by atoms with Gasteiger partial charge >= 0.3 is 6.18 Å². The highest BCUT2D eigenvalue weighted by molar-refractivity contribution is 6.08. The summed E-state index contributed by atoms with van der Waals surface area (Å²) in [5.74, 6) is -1.83. The molecule has 0 spiro atoms. The van der Waals surface area contributed by atoms with Crippen LogP contribution in [0.1, 0.15) is 77.9 Å². The molecule has 1 saturated carbocycles. The molecule has 2 fully saturated rings. The van der Waals surface area contributed by atoms with Gasteiger partial charge in [0.2, 0.25) is 0 Å². The van der Waals surface area contributed by atoms with Gasteiger partial charge in [0.1, 0.15) is 11.4 Å². The first kappa shape index (κ1) is 28.1. The summed E-state index contributed by atoms with van der Waals surface area (Å²) in [7, 11) is 1.62. The van der Waals surface area contributed by atoms with Gasteiger partial charge in [-0.2, -0.15) is 13.2 Å². The molecule has 40 heavy (non-hydrogen) atoms. The van der Waals surface area contributed by atoms with E-state index >= 15 is 0 Å². The highest BCUT2D eigenvalue weighted by Crippen LogP contribution is 2.43. The van der Waals surface area contributed by atoms with Gasteiger partial charge in [0.05, 0.1) is 28.5 Å². The van der Waals surface area contributed by atoms with E-state index in [2.05, 4.69) is 22.5 Å². The van der Waals surface area contributed by atoms with Gasteiger partial charge in [-0.1, -0.05) is 6.07 Å².